The number of hydrogen-bond donors (Lipinski definition) is 1. The quantitative estimate of drug-likeness (QED) is 0.871. The average Bonchev–Trinajstić information content (AvgIpc) is 2.43. The van der Waals surface area contributed by atoms with Crippen LogP contribution in [-0.4, -0.2) is 37.6 Å². The number of nitrogens with two attached hydrogens (primary N) is 1. The second kappa shape index (κ2) is 7.48. The highest BCUT2D eigenvalue weighted by molar-refractivity contribution is 6.30. The van der Waals surface area contributed by atoms with Gasteiger partial charge >= 0.3 is 0 Å². The zero-order chi connectivity index (χ0) is 14.4. The van der Waals surface area contributed by atoms with Crippen LogP contribution in [0.5, 0.6) is 0 Å². The zero-order valence-electron chi connectivity index (χ0n) is 11.6. The molecule has 2 unspecified atom stereocenters. The largest absolute Gasteiger partial charge is 0.385 e. The van der Waals surface area contributed by atoms with Crippen molar-refractivity contribution in [2.24, 2.45) is 5.73 Å². The summed E-state index contributed by atoms with van der Waals surface area (Å²) in [4.78, 5) is 13.8. The summed E-state index contributed by atoms with van der Waals surface area (Å²) in [7, 11) is 3.35. The molecule has 1 aromatic carbocycles. The summed E-state index contributed by atoms with van der Waals surface area (Å²) in [6.45, 7) is 2.44. The van der Waals surface area contributed by atoms with Crippen molar-refractivity contribution in [1.82, 2.24) is 4.90 Å². The minimum atomic E-state index is -0.528. The molecule has 0 aliphatic carbocycles. The van der Waals surface area contributed by atoms with Crippen LogP contribution in [0.2, 0.25) is 5.02 Å². The molecule has 1 amide bonds. The first-order valence-electron chi connectivity index (χ1n) is 6.24. The van der Waals surface area contributed by atoms with Gasteiger partial charge in [0.2, 0.25) is 5.91 Å². The summed E-state index contributed by atoms with van der Waals surface area (Å²) in [6.07, 6.45) is 0.521. The molecule has 106 valence electrons. The summed E-state index contributed by atoms with van der Waals surface area (Å²) in [6, 6.07) is 6.89. The van der Waals surface area contributed by atoms with E-state index in [2.05, 4.69) is 0 Å². The number of halogens is 1. The van der Waals surface area contributed by atoms with Gasteiger partial charge in [0.15, 0.2) is 0 Å². The van der Waals surface area contributed by atoms with Gasteiger partial charge in [0, 0.05) is 25.8 Å². The number of rotatable bonds is 6. The topological polar surface area (TPSA) is 55.6 Å². The van der Waals surface area contributed by atoms with Crippen LogP contribution in [0, 0.1) is 0 Å². The van der Waals surface area contributed by atoms with Crippen LogP contribution in [0.4, 0.5) is 0 Å². The minimum Gasteiger partial charge on any atom is -0.385 e. The van der Waals surface area contributed by atoms with Gasteiger partial charge in [0.25, 0.3) is 0 Å². The van der Waals surface area contributed by atoms with Crippen LogP contribution >= 0.6 is 11.6 Å². The van der Waals surface area contributed by atoms with Gasteiger partial charge in [-0.3, -0.25) is 4.79 Å². The predicted octanol–water partition coefficient (Wildman–Crippen LogP) is 2.22. The van der Waals surface area contributed by atoms with Gasteiger partial charge in [-0.2, -0.15) is 0 Å². The van der Waals surface area contributed by atoms with Crippen molar-refractivity contribution in [2.75, 3.05) is 20.8 Å². The Kier molecular flexibility index (Phi) is 6.28. The SMILES string of the molecule is COCCC(N)C(=O)N(C)C(C)c1ccc(Cl)cc1. The van der Waals surface area contributed by atoms with E-state index in [1.807, 2.05) is 31.2 Å². The molecule has 0 aliphatic rings. The number of carbonyl (C=O) groups excluding carboxylic acids is 1. The minimum absolute atomic E-state index is 0.0432. The molecule has 5 heteroatoms. The van der Waals surface area contributed by atoms with Crippen LogP contribution < -0.4 is 5.73 Å². The van der Waals surface area contributed by atoms with E-state index in [1.165, 1.54) is 0 Å². The lowest BCUT2D eigenvalue weighted by Crippen LogP contribution is -2.43. The van der Waals surface area contributed by atoms with E-state index < -0.39 is 6.04 Å². The molecule has 0 aromatic heterocycles. The molecule has 4 nitrogen and oxygen atoms in total. The monoisotopic (exact) mass is 284 g/mol. The van der Waals surface area contributed by atoms with E-state index in [0.717, 1.165) is 5.56 Å². The molecule has 0 aliphatic heterocycles. The fraction of sp³-hybridized carbons (Fsp3) is 0.500. The van der Waals surface area contributed by atoms with Crippen molar-refractivity contribution in [3.8, 4) is 0 Å². The first kappa shape index (κ1) is 16.0. The second-order valence-corrected chi connectivity index (χ2v) is 5.00. The van der Waals surface area contributed by atoms with Gasteiger partial charge in [0.05, 0.1) is 12.1 Å². The van der Waals surface area contributed by atoms with E-state index in [1.54, 1.807) is 19.1 Å². The summed E-state index contributed by atoms with van der Waals surface area (Å²) in [5.74, 6) is -0.0838. The third-order valence-corrected chi connectivity index (χ3v) is 3.48. The van der Waals surface area contributed by atoms with E-state index >= 15 is 0 Å². The van der Waals surface area contributed by atoms with Crippen molar-refractivity contribution in [1.29, 1.82) is 0 Å². The summed E-state index contributed by atoms with van der Waals surface area (Å²) >= 11 is 5.85. The number of likely N-dealkylation sites (N-methyl/N-ethyl adjacent to an activating group) is 1. The Balaban J connectivity index is 2.67. The Morgan fingerprint density at radius 1 is 1.42 bits per heavy atom. The Morgan fingerprint density at radius 2 is 2.00 bits per heavy atom. The zero-order valence-corrected chi connectivity index (χ0v) is 12.4. The molecule has 0 radical (unpaired) electrons. The average molecular weight is 285 g/mol. The lowest BCUT2D eigenvalue weighted by atomic mass is 10.1. The lowest BCUT2D eigenvalue weighted by Gasteiger charge is -2.28. The number of amides is 1. The Hall–Kier alpha value is -1.10. The van der Waals surface area contributed by atoms with Gasteiger partial charge in [0.1, 0.15) is 0 Å². The maximum absolute atomic E-state index is 12.1. The van der Waals surface area contributed by atoms with Crippen molar-refractivity contribution in [2.45, 2.75) is 25.4 Å². The lowest BCUT2D eigenvalue weighted by molar-refractivity contribution is -0.133. The van der Waals surface area contributed by atoms with Gasteiger partial charge in [-0.1, -0.05) is 23.7 Å². The fourth-order valence-electron chi connectivity index (χ4n) is 1.79. The third kappa shape index (κ3) is 4.49. The van der Waals surface area contributed by atoms with E-state index in [-0.39, 0.29) is 11.9 Å². The second-order valence-electron chi connectivity index (χ2n) is 4.56. The Morgan fingerprint density at radius 3 is 2.53 bits per heavy atom. The van der Waals surface area contributed by atoms with Gasteiger partial charge in [-0.15, -0.1) is 0 Å². The molecule has 1 aromatic rings. The summed E-state index contributed by atoms with van der Waals surface area (Å²) in [5.41, 5.74) is 6.88. The Labute approximate surface area is 119 Å². The number of benzene rings is 1. The number of methoxy groups -OCH3 is 1. The summed E-state index contributed by atoms with van der Waals surface area (Å²) in [5, 5.41) is 0.682. The van der Waals surface area contributed by atoms with E-state index in [0.29, 0.717) is 18.1 Å². The van der Waals surface area contributed by atoms with Crippen LogP contribution in [0.25, 0.3) is 0 Å². The fourth-order valence-corrected chi connectivity index (χ4v) is 1.91. The molecule has 2 atom stereocenters. The number of ether oxygens (including phenoxy) is 1. The van der Waals surface area contributed by atoms with E-state index in [4.69, 9.17) is 22.1 Å². The summed E-state index contributed by atoms with van der Waals surface area (Å²) < 4.78 is 4.94. The van der Waals surface area contributed by atoms with Crippen LogP contribution in [0.3, 0.4) is 0 Å². The Bertz CT molecular complexity index is 408. The molecular weight excluding hydrogens is 264 g/mol. The molecule has 2 N–H and O–H groups in total. The van der Waals surface area contributed by atoms with Crippen molar-refractivity contribution in [3.63, 3.8) is 0 Å². The maximum Gasteiger partial charge on any atom is 0.239 e. The third-order valence-electron chi connectivity index (χ3n) is 3.23. The molecule has 0 saturated heterocycles. The normalized spacial score (nSPS) is 13.9. The van der Waals surface area contributed by atoms with Crippen molar-refractivity contribution < 1.29 is 9.53 Å². The first-order valence-corrected chi connectivity index (χ1v) is 6.61. The number of hydrogen-bond acceptors (Lipinski definition) is 3. The van der Waals surface area contributed by atoms with E-state index in [9.17, 15) is 4.79 Å². The highest BCUT2D eigenvalue weighted by Gasteiger charge is 2.22. The molecule has 19 heavy (non-hydrogen) atoms. The smallest absolute Gasteiger partial charge is 0.239 e. The van der Waals surface area contributed by atoms with Crippen molar-refractivity contribution in [3.05, 3.63) is 34.9 Å². The number of carbonyl (C=O) groups is 1. The highest BCUT2D eigenvalue weighted by atomic mass is 35.5. The number of nitrogens with zero attached hydrogens (tertiary/aromatic N) is 1. The molecule has 0 spiro atoms. The standard InChI is InChI=1S/C14H21ClN2O2/c1-10(11-4-6-12(15)7-5-11)17(2)14(18)13(16)8-9-19-3/h4-7,10,13H,8-9,16H2,1-3H3. The first-order chi connectivity index (χ1) is 8.97. The predicted molar refractivity (Wildman–Crippen MR) is 77.1 cm³/mol. The molecule has 0 bridgehead atoms. The van der Waals surface area contributed by atoms with Crippen LogP contribution in [0.1, 0.15) is 24.9 Å². The maximum atomic E-state index is 12.1. The van der Waals surface area contributed by atoms with Crippen LogP contribution in [0.15, 0.2) is 24.3 Å². The molecule has 0 saturated carbocycles. The highest BCUT2D eigenvalue weighted by Crippen LogP contribution is 2.21. The van der Waals surface area contributed by atoms with Crippen molar-refractivity contribution >= 4 is 17.5 Å². The molecule has 1 rings (SSSR count). The molecular formula is C14H21ClN2O2. The van der Waals surface area contributed by atoms with Gasteiger partial charge in [-0.25, -0.2) is 0 Å². The van der Waals surface area contributed by atoms with Gasteiger partial charge in [-0.05, 0) is 31.0 Å². The molecule has 0 heterocycles. The van der Waals surface area contributed by atoms with Gasteiger partial charge < -0.3 is 15.4 Å². The molecule has 0 fully saturated rings. The van der Waals surface area contributed by atoms with Crippen LogP contribution in [-0.2, 0) is 9.53 Å².